The molecule has 6 heteroatoms. The molecule has 0 saturated carbocycles. The fourth-order valence-corrected chi connectivity index (χ4v) is 1.79. The highest BCUT2D eigenvalue weighted by molar-refractivity contribution is 5.91. The van der Waals surface area contributed by atoms with Gasteiger partial charge >= 0.3 is 0 Å². The Hall–Kier alpha value is -3.15. The van der Waals surface area contributed by atoms with Crippen LogP contribution in [-0.2, 0) is 11.3 Å². The highest BCUT2D eigenvalue weighted by Crippen LogP contribution is 2.15. The summed E-state index contributed by atoms with van der Waals surface area (Å²) < 4.78 is 10.2. The van der Waals surface area contributed by atoms with Crippen molar-refractivity contribution in [2.45, 2.75) is 6.54 Å². The molecule has 0 unspecified atom stereocenters. The first-order chi connectivity index (χ1) is 10.8. The van der Waals surface area contributed by atoms with Gasteiger partial charge in [0.15, 0.2) is 5.76 Å². The topological polar surface area (TPSA) is 81.2 Å². The lowest BCUT2D eigenvalue weighted by atomic mass is 10.2. The Labute approximate surface area is 126 Å². The number of hydrogen-bond acceptors (Lipinski definition) is 5. The molecule has 0 bridgehead atoms. The number of rotatable bonds is 5. The molecular weight excluding hydrogens is 282 g/mol. The lowest BCUT2D eigenvalue weighted by molar-refractivity contribution is -0.116. The summed E-state index contributed by atoms with van der Waals surface area (Å²) in [7, 11) is 0. The molecule has 110 valence electrons. The fourth-order valence-electron chi connectivity index (χ4n) is 1.79. The van der Waals surface area contributed by atoms with Gasteiger partial charge in [-0.3, -0.25) is 4.79 Å². The van der Waals surface area contributed by atoms with E-state index in [2.05, 4.69) is 15.5 Å². The predicted octanol–water partition coefficient (Wildman–Crippen LogP) is 2.66. The summed E-state index contributed by atoms with van der Waals surface area (Å²) >= 11 is 0. The number of furan rings is 1. The van der Waals surface area contributed by atoms with Gasteiger partial charge in [0.2, 0.25) is 17.6 Å². The maximum atomic E-state index is 11.7. The van der Waals surface area contributed by atoms with E-state index in [0.29, 0.717) is 17.5 Å². The predicted molar refractivity (Wildman–Crippen MR) is 79.3 cm³/mol. The van der Waals surface area contributed by atoms with Crippen molar-refractivity contribution in [2.24, 2.45) is 0 Å². The molecule has 0 radical (unpaired) electrons. The molecule has 1 amide bonds. The normalized spacial score (nSPS) is 10.9. The maximum absolute atomic E-state index is 11.7. The molecule has 0 aliphatic heterocycles. The summed E-state index contributed by atoms with van der Waals surface area (Å²) in [5.41, 5.74) is 0.954. The minimum Gasteiger partial charge on any atom is -0.461 e. The van der Waals surface area contributed by atoms with E-state index in [0.717, 1.165) is 5.56 Å². The van der Waals surface area contributed by atoms with Crippen molar-refractivity contribution >= 4 is 12.0 Å². The molecule has 0 aliphatic rings. The van der Waals surface area contributed by atoms with Gasteiger partial charge in [0.05, 0.1) is 12.8 Å². The van der Waals surface area contributed by atoms with E-state index in [4.69, 9.17) is 8.94 Å². The molecular formula is C16H13N3O3. The van der Waals surface area contributed by atoms with Gasteiger partial charge in [-0.1, -0.05) is 35.5 Å². The number of benzene rings is 1. The van der Waals surface area contributed by atoms with Crippen molar-refractivity contribution in [1.29, 1.82) is 0 Å². The van der Waals surface area contributed by atoms with Crippen molar-refractivity contribution in [3.63, 3.8) is 0 Å². The molecule has 3 aromatic rings. The average Bonchev–Trinajstić information content (AvgIpc) is 3.22. The maximum Gasteiger partial charge on any atom is 0.246 e. The quantitative estimate of drug-likeness (QED) is 0.732. The molecule has 0 fully saturated rings. The van der Waals surface area contributed by atoms with E-state index >= 15 is 0 Å². The second-order valence-corrected chi connectivity index (χ2v) is 4.45. The van der Waals surface area contributed by atoms with Crippen LogP contribution in [0, 0.1) is 0 Å². The van der Waals surface area contributed by atoms with Crippen LogP contribution in [0.1, 0.15) is 11.5 Å². The highest BCUT2D eigenvalue weighted by atomic mass is 16.5. The van der Waals surface area contributed by atoms with Gasteiger partial charge in [-0.15, -0.1) is 0 Å². The minimum atomic E-state index is -0.235. The smallest absolute Gasteiger partial charge is 0.246 e. The number of hydrogen-bond donors (Lipinski definition) is 1. The third kappa shape index (κ3) is 3.49. The van der Waals surface area contributed by atoms with Crippen molar-refractivity contribution in [1.82, 2.24) is 15.5 Å². The molecule has 0 spiro atoms. The average molecular weight is 295 g/mol. The van der Waals surface area contributed by atoms with Gasteiger partial charge < -0.3 is 14.3 Å². The van der Waals surface area contributed by atoms with Gasteiger partial charge in [-0.2, -0.15) is 4.98 Å². The van der Waals surface area contributed by atoms with Crippen LogP contribution in [0.15, 0.2) is 63.7 Å². The number of nitrogens with zero attached hydrogens (tertiary/aromatic N) is 2. The Morgan fingerprint density at radius 3 is 2.82 bits per heavy atom. The molecule has 2 aromatic heterocycles. The van der Waals surface area contributed by atoms with Crippen LogP contribution >= 0.6 is 0 Å². The zero-order valence-corrected chi connectivity index (χ0v) is 11.6. The third-order valence-electron chi connectivity index (χ3n) is 2.85. The zero-order valence-electron chi connectivity index (χ0n) is 11.6. The van der Waals surface area contributed by atoms with Gasteiger partial charge in [0.1, 0.15) is 0 Å². The molecule has 3 rings (SSSR count). The Bertz CT molecular complexity index is 761. The second-order valence-electron chi connectivity index (χ2n) is 4.45. The first-order valence-electron chi connectivity index (χ1n) is 6.69. The number of carbonyl (C=O) groups is 1. The summed E-state index contributed by atoms with van der Waals surface area (Å²) in [6.45, 7) is 0.158. The summed E-state index contributed by atoms with van der Waals surface area (Å²) in [6.07, 6.45) is 4.72. The van der Waals surface area contributed by atoms with Gasteiger partial charge in [-0.05, 0) is 23.8 Å². The lowest BCUT2D eigenvalue weighted by Gasteiger charge is -1.96. The van der Waals surface area contributed by atoms with Crippen LogP contribution in [0.3, 0.4) is 0 Å². The van der Waals surface area contributed by atoms with Gasteiger partial charge in [0, 0.05) is 6.08 Å². The van der Waals surface area contributed by atoms with E-state index in [9.17, 15) is 4.79 Å². The summed E-state index contributed by atoms with van der Waals surface area (Å²) in [5, 5.41) is 6.46. The Morgan fingerprint density at radius 1 is 1.18 bits per heavy atom. The second kappa shape index (κ2) is 6.53. The number of aromatic nitrogens is 2. The number of amides is 1. The lowest BCUT2D eigenvalue weighted by Crippen LogP contribution is -2.20. The molecule has 1 aromatic carbocycles. The van der Waals surface area contributed by atoms with Crippen LogP contribution < -0.4 is 5.32 Å². The molecule has 2 heterocycles. The zero-order chi connectivity index (χ0) is 15.2. The van der Waals surface area contributed by atoms with E-state index in [1.807, 2.05) is 30.3 Å². The molecule has 22 heavy (non-hydrogen) atoms. The van der Waals surface area contributed by atoms with Gasteiger partial charge in [0.25, 0.3) is 0 Å². The van der Waals surface area contributed by atoms with E-state index < -0.39 is 0 Å². The van der Waals surface area contributed by atoms with Crippen LogP contribution in [0.4, 0.5) is 0 Å². The Morgan fingerprint density at radius 2 is 2.05 bits per heavy atom. The van der Waals surface area contributed by atoms with Crippen LogP contribution in [-0.4, -0.2) is 16.0 Å². The summed E-state index contributed by atoms with van der Waals surface area (Å²) in [6, 6.07) is 13.0. The van der Waals surface area contributed by atoms with Crippen molar-refractivity contribution < 1.29 is 13.7 Å². The molecule has 0 saturated heterocycles. The van der Waals surface area contributed by atoms with Gasteiger partial charge in [-0.25, -0.2) is 0 Å². The number of carbonyl (C=O) groups excluding carboxylic acids is 1. The third-order valence-corrected chi connectivity index (χ3v) is 2.85. The van der Waals surface area contributed by atoms with Crippen LogP contribution in [0.2, 0.25) is 0 Å². The SMILES string of the molecule is O=C(C=Cc1ccccc1)NCc1nc(-c2ccco2)no1. The largest absolute Gasteiger partial charge is 0.461 e. The van der Waals surface area contributed by atoms with Crippen LogP contribution in [0.5, 0.6) is 0 Å². The highest BCUT2D eigenvalue weighted by Gasteiger charge is 2.10. The first-order valence-corrected chi connectivity index (χ1v) is 6.69. The van der Waals surface area contributed by atoms with Crippen molar-refractivity contribution in [3.8, 4) is 11.6 Å². The Balaban J connectivity index is 1.54. The molecule has 0 atom stereocenters. The molecule has 6 nitrogen and oxygen atoms in total. The van der Waals surface area contributed by atoms with Crippen molar-refractivity contribution in [2.75, 3.05) is 0 Å². The van der Waals surface area contributed by atoms with E-state index in [-0.39, 0.29) is 12.5 Å². The van der Waals surface area contributed by atoms with Crippen LogP contribution in [0.25, 0.3) is 17.7 Å². The summed E-state index contributed by atoms with van der Waals surface area (Å²) in [4.78, 5) is 15.9. The molecule has 1 N–H and O–H groups in total. The minimum absolute atomic E-state index is 0.158. The number of nitrogens with one attached hydrogen (secondary N) is 1. The molecule has 0 aliphatic carbocycles. The van der Waals surface area contributed by atoms with E-state index in [1.165, 1.54) is 12.3 Å². The first kappa shape index (κ1) is 13.8. The fraction of sp³-hybridized carbons (Fsp3) is 0.0625. The van der Waals surface area contributed by atoms with Crippen molar-refractivity contribution in [3.05, 3.63) is 66.3 Å². The standard InChI is InChI=1S/C16H13N3O3/c20-14(9-8-12-5-2-1-3-6-12)17-11-15-18-16(19-22-15)13-7-4-10-21-13/h1-10H,11H2,(H,17,20). The van der Waals surface area contributed by atoms with E-state index in [1.54, 1.807) is 18.2 Å². The Kier molecular flexibility index (Phi) is 4.10. The summed E-state index contributed by atoms with van der Waals surface area (Å²) in [5.74, 6) is 0.953. The monoisotopic (exact) mass is 295 g/mol.